The third-order valence-electron chi connectivity index (χ3n) is 6.13. The van der Waals surface area contributed by atoms with E-state index in [2.05, 4.69) is 24.3 Å². The maximum Gasteiger partial charge on any atom is 0.219 e. The summed E-state index contributed by atoms with van der Waals surface area (Å²) in [5.74, 6) is -0.0679. The van der Waals surface area contributed by atoms with E-state index in [9.17, 15) is 9.18 Å². The zero-order valence-corrected chi connectivity index (χ0v) is 16.9. The smallest absolute Gasteiger partial charge is 0.219 e. The zero-order valence-electron chi connectivity index (χ0n) is 16.9. The Hall–Kier alpha value is -2.21. The Labute approximate surface area is 165 Å². The van der Waals surface area contributed by atoms with Gasteiger partial charge in [0.15, 0.2) is 0 Å². The monoisotopic (exact) mass is 384 g/mol. The van der Waals surface area contributed by atoms with Gasteiger partial charge in [0.2, 0.25) is 5.91 Å². The fourth-order valence-electron chi connectivity index (χ4n) is 4.64. The molecule has 0 saturated carbocycles. The number of likely N-dealkylation sites (tertiary alicyclic amines) is 1. The van der Waals surface area contributed by atoms with E-state index >= 15 is 0 Å². The Morgan fingerprint density at radius 3 is 2.54 bits per heavy atom. The summed E-state index contributed by atoms with van der Waals surface area (Å²) in [6.07, 6.45) is 5.94. The van der Waals surface area contributed by atoms with Crippen LogP contribution in [0, 0.1) is 11.2 Å². The number of nitrogens with one attached hydrogen (secondary N) is 1. The highest BCUT2D eigenvalue weighted by molar-refractivity contribution is 5.73. The number of benzene rings is 1. The van der Waals surface area contributed by atoms with Crippen LogP contribution in [-0.4, -0.2) is 39.7 Å². The Kier molecular flexibility index (Phi) is 5.00. The first kappa shape index (κ1) is 19.1. The van der Waals surface area contributed by atoms with Crippen LogP contribution >= 0.6 is 0 Å². The van der Waals surface area contributed by atoms with Gasteiger partial charge in [-0.25, -0.2) is 9.07 Å². The summed E-state index contributed by atoms with van der Waals surface area (Å²) < 4.78 is 15.3. The largest absolute Gasteiger partial charge is 0.343 e. The molecular weight excluding hydrogens is 355 g/mol. The molecule has 0 radical (unpaired) electrons. The maximum atomic E-state index is 13.3. The lowest BCUT2D eigenvalue weighted by molar-refractivity contribution is -0.129. The van der Waals surface area contributed by atoms with Gasteiger partial charge in [0.25, 0.3) is 0 Å². The predicted molar refractivity (Wildman–Crippen MR) is 107 cm³/mol. The molecule has 2 aromatic rings. The van der Waals surface area contributed by atoms with E-state index in [1.165, 1.54) is 23.4 Å². The molecule has 1 saturated heterocycles. The number of rotatable bonds is 3. The summed E-state index contributed by atoms with van der Waals surface area (Å²) in [6, 6.07) is 7.19. The van der Waals surface area contributed by atoms with E-state index in [1.807, 2.05) is 15.8 Å². The third kappa shape index (κ3) is 3.83. The van der Waals surface area contributed by atoms with Crippen molar-refractivity contribution in [1.82, 2.24) is 20.0 Å². The molecule has 0 spiro atoms. The molecule has 6 heteroatoms. The van der Waals surface area contributed by atoms with Crippen molar-refractivity contribution < 1.29 is 9.18 Å². The molecule has 2 aliphatic rings. The average Bonchev–Trinajstić information content (AvgIpc) is 3.05. The first-order valence-corrected chi connectivity index (χ1v) is 10.2. The van der Waals surface area contributed by atoms with Gasteiger partial charge in [0.05, 0.1) is 11.9 Å². The van der Waals surface area contributed by atoms with Crippen molar-refractivity contribution in [2.75, 3.05) is 13.1 Å². The SMILES string of the molecule is CC(=O)N1CCC(N[C@H]2CC(C)(C)Cc3c2cnn3-c2ccc(F)cc2)CC1. The topological polar surface area (TPSA) is 50.2 Å². The van der Waals surface area contributed by atoms with E-state index < -0.39 is 0 Å². The van der Waals surface area contributed by atoms with Crippen LogP contribution < -0.4 is 5.32 Å². The summed E-state index contributed by atoms with van der Waals surface area (Å²) in [6.45, 7) is 7.89. The van der Waals surface area contributed by atoms with Crippen molar-refractivity contribution in [3.05, 3.63) is 47.5 Å². The Balaban J connectivity index is 1.56. The number of aromatic nitrogens is 2. The first-order chi connectivity index (χ1) is 13.3. The molecule has 28 heavy (non-hydrogen) atoms. The molecule has 5 nitrogen and oxygen atoms in total. The summed E-state index contributed by atoms with van der Waals surface area (Å²) >= 11 is 0. The van der Waals surface area contributed by atoms with E-state index in [4.69, 9.17) is 0 Å². The second-order valence-corrected chi connectivity index (χ2v) is 8.98. The van der Waals surface area contributed by atoms with E-state index in [1.54, 1.807) is 19.1 Å². The number of carbonyl (C=O) groups is 1. The van der Waals surface area contributed by atoms with Gasteiger partial charge in [-0.1, -0.05) is 13.8 Å². The minimum Gasteiger partial charge on any atom is -0.343 e. The zero-order chi connectivity index (χ0) is 19.9. The molecule has 1 aromatic heterocycles. The van der Waals surface area contributed by atoms with Gasteiger partial charge >= 0.3 is 0 Å². The Morgan fingerprint density at radius 2 is 1.89 bits per heavy atom. The lowest BCUT2D eigenvalue weighted by Gasteiger charge is -2.39. The van der Waals surface area contributed by atoms with Crippen molar-refractivity contribution >= 4 is 5.91 Å². The minimum atomic E-state index is -0.235. The molecule has 0 bridgehead atoms. The number of fused-ring (bicyclic) bond motifs is 1. The fourth-order valence-corrected chi connectivity index (χ4v) is 4.64. The quantitative estimate of drug-likeness (QED) is 0.879. The van der Waals surface area contributed by atoms with Crippen molar-refractivity contribution in [3.8, 4) is 5.69 Å². The third-order valence-corrected chi connectivity index (χ3v) is 6.13. The Morgan fingerprint density at radius 1 is 1.21 bits per heavy atom. The molecule has 1 atom stereocenters. The van der Waals surface area contributed by atoms with Crippen LogP contribution in [0.25, 0.3) is 5.69 Å². The lowest BCUT2D eigenvalue weighted by Crippen LogP contribution is -2.46. The van der Waals surface area contributed by atoms with Crippen LogP contribution in [0.15, 0.2) is 30.5 Å². The van der Waals surface area contributed by atoms with Gasteiger partial charge < -0.3 is 10.2 Å². The van der Waals surface area contributed by atoms with E-state index in [0.717, 1.165) is 44.5 Å². The summed E-state index contributed by atoms with van der Waals surface area (Å²) in [5, 5.41) is 8.49. The molecule has 0 unspecified atom stereocenters. The molecular formula is C22H29FN4O. The highest BCUT2D eigenvalue weighted by Gasteiger charge is 2.36. The number of halogens is 1. The van der Waals surface area contributed by atoms with Gasteiger partial charge in [-0.3, -0.25) is 4.79 Å². The van der Waals surface area contributed by atoms with Gasteiger partial charge in [-0.2, -0.15) is 5.10 Å². The molecule has 1 aromatic carbocycles. The highest BCUT2D eigenvalue weighted by atomic mass is 19.1. The molecule has 150 valence electrons. The number of hydrogen-bond acceptors (Lipinski definition) is 3. The number of piperidine rings is 1. The first-order valence-electron chi connectivity index (χ1n) is 10.2. The van der Waals surface area contributed by atoms with Crippen molar-refractivity contribution in [2.45, 2.75) is 58.5 Å². The van der Waals surface area contributed by atoms with Crippen LogP contribution in [0.3, 0.4) is 0 Å². The van der Waals surface area contributed by atoms with Crippen molar-refractivity contribution in [2.24, 2.45) is 5.41 Å². The van der Waals surface area contributed by atoms with Crippen molar-refractivity contribution in [1.29, 1.82) is 0 Å². The molecule has 1 aliphatic carbocycles. The summed E-state index contributed by atoms with van der Waals surface area (Å²) in [4.78, 5) is 13.5. The molecule has 4 rings (SSSR count). The standard InChI is InChI=1S/C22H29FN4O/c1-15(28)26-10-8-17(9-11-26)25-20-12-22(2,3)13-21-19(20)14-24-27(21)18-6-4-16(23)5-7-18/h4-7,14,17,20,25H,8-13H2,1-3H3/t20-/m0/s1. The van der Waals surface area contributed by atoms with Crippen molar-refractivity contribution in [3.63, 3.8) is 0 Å². The predicted octanol–water partition coefficient (Wildman–Crippen LogP) is 3.63. The highest BCUT2D eigenvalue weighted by Crippen LogP contribution is 2.41. The van der Waals surface area contributed by atoms with Crippen LogP contribution in [0.4, 0.5) is 4.39 Å². The second-order valence-electron chi connectivity index (χ2n) is 8.98. The Bertz CT molecular complexity index is 850. The summed E-state index contributed by atoms with van der Waals surface area (Å²) in [7, 11) is 0. The second kappa shape index (κ2) is 7.32. The average molecular weight is 384 g/mol. The van der Waals surface area contributed by atoms with Crippen LogP contribution in [0.5, 0.6) is 0 Å². The van der Waals surface area contributed by atoms with Crippen LogP contribution in [0.2, 0.25) is 0 Å². The number of carbonyl (C=O) groups excluding carboxylic acids is 1. The maximum absolute atomic E-state index is 13.3. The minimum absolute atomic E-state index is 0.155. The van der Waals surface area contributed by atoms with Gasteiger partial charge in [-0.05, 0) is 55.4 Å². The molecule has 1 amide bonds. The van der Waals surface area contributed by atoms with Gasteiger partial charge in [0, 0.05) is 43.4 Å². The number of nitrogens with zero attached hydrogens (tertiary/aromatic N) is 3. The number of amides is 1. The van der Waals surface area contributed by atoms with Gasteiger partial charge in [0.1, 0.15) is 5.82 Å². The van der Waals surface area contributed by atoms with Crippen LogP contribution in [0.1, 0.15) is 57.3 Å². The normalized spacial score (nSPS) is 22.1. The van der Waals surface area contributed by atoms with Gasteiger partial charge in [-0.15, -0.1) is 0 Å². The molecule has 1 N–H and O–H groups in total. The summed E-state index contributed by atoms with van der Waals surface area (Å²) in [5.41, 5.74) is 3.51. The fraction of sp³-hybridized carbons (Fsp3) is 0.545. The van der Waals surface area contributed by atoms with E-state index in [0.29, 0.717) is 6.04 Å². The lowest BCUT2D eigenvalue weighted by atomic mass is 9.74. The molecule has 1 fully saturated rings. The van der Waals surface area contributed by atoms with Crippen LogP contribution in [-0.2, 0) is 11.2 Å². The molecule has 2 heterocycles. The number of hydrogen-bond donors (Lipinski definition) is 1. The van der Waals surface area contributed by atoms with E-state index in [-0.39, 0.29) is 23.2 Å². The molecule has 1 aliphatic heterocycles.